The van der Waals surface area contributed by atoms with Gasteiger partial charge in [0.05, 0.1) is 0 Å². The van der Waals surface area contributed by atoms with Gasteiger partial charge in [-0.3, -0.25) is 0 Å². The number of phenolic OH excluding ortho intramolecular Hbond substituents is 1. The number of aromatic hydroxyl groups is 1. The summed E-state index contributed by atoms with van der Waals surface area (Å²) >= 11 is 0. The number of nitrogens with two attached hydrogens (primary N) is 1. The third kappa shape index (κ3) is 1.48. The number of phenols is 1. The molecule has 1 aromatic carbocycles. The van der Waals surface area contributed by atoms with Crippen LogP contribution in [-0.2, 0) is 0 Å². The number of fused-ring (bicyclic) bond motifs is 1. The highest BCUT2D eigenvalue weighted by Crippen LogP contribution is 2.44. The molecule has 0 aliphatic carbocycles. The van der Waals surface area contributed by atoms with E-state index in [0.717, 1.165) is 0 Å². The Kier molecular flexibility index (Phi) is 2.40. The van der Waals surface area contributed by atoms with E-state index < -0.39 is 11.6 Å². The monoisotopic (exact) mass is 213 g/mol. The maximum atomic E-state index is 13.7. The number of hydrogen-bond acceptors (Lipinski definition) is 4. The van der Waals surface area contributed by atoms with E-state index in [-0.39, 0.29) is 24.8 Å². The molecule has 0 spiro atoms. The van der Waals surface area contributed by atoms with Gasteiger partial charge < -0.3 is 20.3 Å². The van der Waals surface area contributed by atoms with Crippen LogP contribution in [0.25, 0.3) is 0 Å². The molecule has 82 valence electrons. The van der Waals surface area contributed by atoms with Crippen molar-refractivity contribution in [1.82, 2.24) is 0 Å². The van der Waals surface area contributed by atoms with E-state index in [0.29, 0.717) is 11.5 Å². The van der Waals surface area contributed by atoms with Gasteiger partial charge in [-0.25, -0.2) is 4.39 Å². The number of hydrogen-bond donors (Lipinski definition) is 2. The van der Waals surface area contributed by atoms with Gasteiger partial charge in [-0.1, -0.05) is 6.92 Å². The molecule has 0 amide bonds. The average Bonchev–Trinajstić information content (AvgIpc) is 2.66. The summed E-state index contributed by atoms with van der Waals surface area (Å²) in [5.41, 5.74) is 5.75. The molecule has 3 N–H and O–H groups in total. The Hall–Kier alpha value is -1.49. The first-order valence-corrected chi connectivity index (χ1v) is 4.66. The summed E-state index contributed by atoms with van der Waals surface area (Å²) in [5.74, 6) is -0.633. The lowest BCUT2D eigenvalue weighted by atomic mass is 9.98. The normalized spacial score (nSPS) is 15.4. The maximum absolute atomic E-state index is 13.7. The van der Waals surface area contributed by atoms with Gasteiger partial charge >= 0.3 is 0 Å². The number of rotatable bonds is 2. The van der Waals surface area contributed by atoms with Crippen molar-refractivity contribution < 1.29 is 19.0 Å². The lowest BCUT2D eigenvalue weighted by Crippen LogP contribution is -2.11. The highest BCUT2D eigenvalue weighted by Gasteiger charge is 2.27. The van der Waals surface area contributed by atoms with Gasteiger partial charge in [0.25, 0.3) is 0 Å². The first-order valence-electron chi connectivity index (χ1n) is 4.66. The molecule has 1 aliphatic heterocycles. The molecule has 1 atom stereocenters. The minimum Gasteiger partial charge on any atom is -0.505 e. The molecule has 0 radical (unpaired) electrons. The van der Waals surface area contributed by atoms with E-state index in [1.54, 1.807) is 6.92 Å². The topological polar surface area (TPSA) is 64.7 Å². The molecule has 5 heteroatoms. The fourth-order valence-corrected chi connectivity index (χ4v) is 1.59. The van der Waals surface area contributed by atoms with E-state index in [9.17, 15) is 9.50 Å². The Balaban J connectivity index is 2.60. The van der Waals surface area contributed by atoms with Gasteiger partial charge in [-0.05, 0) is 6.54 Å². The third-order valence-electron chi connectivity index (χ3n) is 2.46. The Morgan fingerprint density at radius 3 is 3.00 bits per heavy atom. The Bertz CT molecular complexity index is 395. The fraction of sp³-hybridized carbons (Fsp3) is 0.400. The molecular formula is C10H12FNO3. The predicted molar refractivity (Wildman–Crippen MR) is 51.7 cm³/mol. The number of ether oxygens (including phenoxy) is 2. The Morgan fingerprint density at radius 2 is 2.33 bits per heavy atom. The average molecular weight is 213 g/mol. The van der Waals surface area contributed by atoms with Gasteiger partial charge in [0.2, 0.25) is 6.79 Å². The SMILES string of the molecule is CC(CN)c1c(F)c(O)cc2c1OCO2. The van der Waals surface area contributed by atoms with Gasteiger partial charge in [0.1, 0.15) is 0 Å². The van der Waals surface area contributed by atoms with E-state index >= 15 is 0 Å². The molecule has 4 nitrogen and oxygen atoms in total. The van der Waals surface area contributed by atoms with Crippen LogP contribution in [0.4, 0.5) is 4.39 Å². The van der Waals surface area contributed by atoms with Crippen molar-refractivity contribution in [2.75, 3.05) is 13.3 Å². The first kappa shape index (κ1) is 10.0. The minimum atomic E-state index is -0.683. The molecular weight excluding hydrogens is 201 g/mol. The minimum absolute atomic E-state index is 0.0442. The predicted octanol–water partition coefficient (Wildman–Crippen LogP) is 1.32. The molecule has 1 aliphatic rings. The largest absolute Gasteiger partial charge is 0.505 e. The lowest BCUT2D eigenvalue weighted by Gasteiger charge is -2.13. The smallest absolute Gasteiger partial charge is 0.231 e. The van der Waals surface area contributed by atoms with Crippen molar-refractivity contribution in [2.45, 2.75) is 12.8 Å². The first-order chi connectivity index (χ1) is 7.15. The quantitative estimate of drug-likeness (QED) is 0.777. The molecule has 1 heterocycles. The van der Waals surface area contributed by atoms with Crippen molar-refractivity contribution in [3.8, 4) is 17.2 Å². The van der Waals surface area contributed by atoms with E-state index in [1.807, 2.05) is 0 Å². The van der Waals surface area contributed by atoms with Gasteiger partial charge in [0.15, 0.2) is 23.1 Å². The summed E-state index contributed by atoms with van der Waals surface area (Å²) in [6.07, 6.45) is 0. The van der Waals surface area contributed by atoms with Gasteiger partial charge in [-0.15, -0.1) is 0 Å². The van der Waals surface area contributed by atoms with Crippen molar-refractivity contribution in [1.29, 1.82) is 0 Å². The molecule has 1 unspecified atom stereocenters. The van der Waals surface area contributed by atoms with Crippen LogP contribution in [0, 0.1) is 5.82 Å². The van der Waals surface area contributed by atoms with E-state index in [4.69, 9.17) is 15.2 Å². The zero-order chi connectivity index (χ0) is 11.0. The van der Waals surface area contributed by atoms with Crippen LogP contribution in [-0.4, -0.2) is 18.4 Å². The standard InChI is InChI=1S/C10H12FNO3/c1-5(3-12)8-9(11)6(13)2-7-10(8)15-4-14-7/h2,5,13H,3-4,12H2,1H3. The molecule has 15 heavy (non-hydrogen) atoms. The molecule has 0 saturated heterocycles. The summed E-state index contributed by atoms with van der Waals surface area (Å²) in [5, 5.41) is 9.36. The summed E-state index contributed by atoms with van der Waals surface area (Å²) in [6.45, 7) is 2.08. The van der Waals surface area contributed by atoms with Crippen molar-refractivity contribution in [3.63, 3.8) is 0 Å². The zero-order valence-electron chi connectivity index (χ0n) is 8.29. The van der Waals surface area contributed by atoms with Crippen LogP contribution in [0.5, 0.6) is 17.2 Å². The lowest BCUT2D eigenvalue weighted by molar-refractivity contribution is 0.173. The third-order valence-corrected chi connectivity index (χ3v) is 2.46. The summed E-state index contributed by atoms with van der Waals surface area (Å²) < 4.78 is 23.9. The highest BCUT2D eigenvalue weighted by molar-refractivity contribution is 5.55. The number of benzene rings is 1. The molecule has 1 aromatic rings. The second kappa shape index (κ2) is 3.58. The van der Waals surface area contributed by atoms with Crippen molar-refractivity contribution in [2.24, 2.45) is 5.73 Å². The highest BCUT2D eigenvalue weighted by atomic mass is 19.1. The summed E-state index contributed by atoms with van der Waals surface area (Å²) in [4.78, 5) is 0. The second-order valence-electron chi connectivity index (χ2n) is 3.49. The van der Waals surface area contributed by atoms with Crippen LogP contribution >= 0.6 is 0 Å². The van der Waals surface area contributed by atoms with Crippen LogP contribution in [0.15, 0.2) is 6.07 Å². The molecule has 0 aromatic heterocycles. The van der Waals surface area contributed by atoms with Crippen molar-refractivity contribution in [3.05, 3.63) is 17.4 Å². The Labute approximate surface area is 86.4 Å². The zero-order valence-corrected chi connectivity index (χ0v) is 8.29. The van der Waals surface area contributed by atoms with Crippen LogP contribution in [0.1, 0.15) is 18.4 Å². The van der Waals surface area contributed by atoms with Crippen LogP contribution in [0.3, 0.4) is 0 Å². The molecule has 0 saturated carbocycles. The van der Waals surface area contributed by atoms with Crippen LogP contribution < -0.4 is 15.2 Å². The fourth-order valence-electron chi connectivity index (χ4n) is 1.59. The van der Waals surface area contributed by atoms with Crippen LogP contribution in [0.2, 0.25) is 0 Å². The van der Waals surface area contributed by atoms with E-state index in [1.165, 1.54) is 6.07 Å². The molecule has 2 rings (SSSR count). The maximum Gasteiger partial charge on any atom is 0.231 e. The van der Waals surface area contributed by atoms with E-state index in [2.05, 4.69) is 0 Å². The Morgan fingerprint density at radius 1 is 1.60 bits per heavy atom. The van der Waals surface area contributed by atoms with Gasteiger partial charge in [0, 0.05) is 17.5 Å². The molecule has 0 fully saturated rings. The number of halogens is 1. The molecule has 0 bridgehead atoms. The summed E-state index contributed by atoms with van der Waals surface area (Å²) in [7, 11) is 0. The second-order valence-corrected chi connectivity index (χ2v) is 3.49. The van der Waals surface area contributed by atoms with Crippen molar-refractivity contribution >= 4 is 0 Å². The van der Waals surface area contributed by atoms with Gasteiger partial charge in [-0.2, -0.15) is 0 Å². The summed E-state index contributed by atoms with van der Waals surface area (Å²) in [6, 6.07) is 1.21.